The van der Waals surface area contributed by atoms with Gasteiger partial charge in [0.05, 0.1) is 19.8 Å². The highest BCUT2D eigenvalue weighted by Gasteiger charge is 2.62. The number of esters is 1. The summed E-state index contributed by atoms with van der Waals surface area (Å²) in [7, 11) is 2.98. The van der Waals surface area contributed by atoms with E-state index in [-0.39, 0.29) is 11.2 Å². The molecule has 1 aromatic carbocycles. The van der Waals surface area contributed by atoms with E-state index in [1.165, 1.54) is 7.11 Å². The first-order valence-corrected chi connectivity index (χ1v) is 9.99. The molecule has 4 rings (SSSR count). The van der Waals surface area contributed by atoms with Gasteiger partial charge in [0.2, 0.25) is 0 Å². The van der Waals surface area contributed by atoms with Gasteiger partial charge < -0.3 is 14.2 Å². The lowest BCUT2D eigenvalue weighted by Gasteiger charge is -2.60. The molecule has 1 aliphatic heterocycles. The maximum atomic E-state index is 12.4. The van der Waals surface area contributed by atoms with Crippen molar-refractivity contribution in [2.45, 2.75) is 58.5 Å². The fraction of sp³-hybridized carbons (Fsp3) is 0.565. The van der Waals surface area contributed by atoms with Crippen LogP contribution in [0, 0.1) is 11.3 Å². The summed E-state index contributed by atoms with van der Waals surface area (Å²) in [5, 5.41) is 0. The van der Waals surface area contributed by atoms with Crippen molar-refractivity contribution in [3.8, 4) is 11.5 Å². The first-order chi connectivity index (χ1) is 13.3. The molecule has 3 aliphatic rings. The zero-order valence-electron chi connectivity index (χ0n) is 17.3. The summed E-state index contributed by atoms with van der Waals surface area (Å²) in [6.07, 6.45) is 3.90. The largest absolute Gasteiger partial charge is 0.496 e. The number of ether oxygens (including phenoxy) is 3. The van der Waals surface area contributed by atoms with Crippen LogP contribution in [0.2, 0.25) is 0 Å². The average molecular weight is 384 g/mol. The molecule has 5 heteroatoms. The molecule has 2 aliphatic carbocycles. The topological polar surface area (TPSA) is 61.8 Å². The van der Waals surface area contributed by atoms with Crippen LogP contribution in [-0.2, 0) is 16.0 Å². The van der Waals surface area contributed by atoms with E-state index in [9.17, 15) is 9.59 Å². The van der Waals surface area contributed by atoms with Crippen LogP contribution in [0.3, 0.4) is 0 Å². The normalized spacial score (nSPS) is 31.3. The van der Waals surface area contributed by atoms with Crippen LogP contribution in [0.1, 0.15) is 62.4 Å². The SMILES string of the molecule is COC(=O)c1cc(OC)c2c(c1)O[C@@]13CCC(=O)C(C)=C1CC[C@H](C)[C@@]3(C)C2. The van der Waals surface area contributed by atoms with Gasteiger partial charge in [-0.25, -0.2) is 4.79 Å². The second kappa shape index (κ2) is 6.36. The molecule has 28 heavy (non-hydrogen) atoms. The molecule has 0 unspecified atom stereocenters. The molecule has 1 spiro atoms. The quantitative estimate of drug-likeness (QED) is 0.713. The van der Waals surface area contributed by atoms with Gasteiger partial charge in [0.1, 0.15) is 17.1 Å². The van der Waals surface area contributed by atoms with Crippen molar-refractivity contribution in [2.24, 2.45) is 11.3 Å². The zero-order valence-corrected chi connectivity index (χ0v) is 17.3. The van der Waals surface area contributed by atoms with E-state index in [0.29, 0.717) is 35.8 Å². The van der Waals surface area contributed by atoms with Crippen molar-refractivity contribution in [1.29, 1.82) is 0 Å². The van der Waals surface area contributed by atoms with Crippen LogP contribution < -0.4 is 9.47 Å². The third-order valence-corrected chi connectivity index (χ3v) is 7.54. The number of rotatable bonds is 2. The Labute approximate surface area is 166 Å². The van der Waals surface area contributed by atoms with Gasteiger partial charge in [-0.15, -0.1) is 0 Å². The fourth-order valence-electron chi connectivity index (χ4n) is 5.60. The molecule has 150 valence electrons. The van der Waals surface area contributed by atoms with Crippen molar-refractivity contribution in [2.75, 3.05) is 14.2 Å². The summed E-state index contributed by atoms with van der Waals surface area (Å²) >= 11 is 0. The maximum absolute atomic E-state index is 12.4. The first kappa shape index (κ1) is 19.0. The Morgan fingerprint density at radius 2 is 2.00 bits per heavy atom. The molecular weight excluding hydrogens is 356 g/mol. The second-order valence-electron chi connectivity index (χ2n) is 8.64. The summed E-state index contributed by atoms with van der Waals surface area (Å²) in [5.41, 5.74) is 2.77. The molecule has 1 aromatic rings. The van der Waals surface area contributed by atoms with Crippen molar-refractivity contribution >= 4 is 11.8 Å². The van der Waals surface area contributed by atoms with Gasteiger partial charge in [-0.3, -0.25) is 4.79 Å². The molecule has 0 amide bonds. The molecule has 0 saturated heterocycles. The Hall–Kier alpha value is -2.30. The van der Waals surface area contributed by atoms with E-state index < -0.39 is 11.6 Å². The highest BCUT2D eigenvalue weighted by molar-refractivity contribution is 5.97. The highest BCUT2D eigenvalue weighted by atomic mass is 16.5. The van der Waals surface area contributed by atoms with Crippen molar-refractivity contribution < 1.29 is 23.8 Å². The highest BCUT2D eigenvalue weighted by Crippen LogP contribution is 2.62. The average Bonchev–Trinajstić information content (AvgIpc) is 2.69. The predicted octanol–water partition coefficient (Wildman–Crippen LogP) is 4.27. The van der Waals surface area contributed by atoms with Crippen LogP contribution >= 0.6 is 0 Å². The van der Waals surface area contributed by atoms with Gasteiger partial charge in [-0.1, -0.05) is 13.8 Å². The van der Waals surface area contributed by atoms with E-state index in [1.54, 1.807) is 19.2 Å². The van der Waals surface area contributed by atoms with Crippen molar-refractivity contribution in [1.82, 2.24) is 0 Å². The lowest BCUT2D eigenvalue weighted by atomic mass is 9.50. The van der Waals surface area contributed by atoms with Crippen LogP contribution in [0.15, 0.2) is 23.3 Å². The van der Waals surface area contributed by atoms with E-state index in [2.05, 4.69) is 13.8 Å². The third kappa shape index (κ3) is 2.38. The third-order valence-electron chi connectivity index (χ3n) is 7.54. The molecular formula is C23H28O5. The van der Waals surface area contributed by atoms with Crippen LogP contribution in [-0.4, -0.2) is 31.6 Å². The van der Waals surface area contributed by atoms with Crippen LogP contribution in [0.25, 0.3) is 0 Å². The molecule has 3 atom stereocenters. The summed E-state index contributed by atoms with van der Waals surface area (Å²) < 4.78 is 17.3. The number of ketones is 1. The van der Waals surface area contributed by atoms with E-state index in [1.807, 2.05) is 6.92 Å². The van der Waals surface area contributed by atoms with Gasteiger partial charge in [0.25, 0.3) is 0 Å². The van der Waals surface area contributed by atoms with Crippen LogP contribution in [0.5, 0.6) is 11.5 Å². The standard InChI is InChI=1S/C23H28O5/c1-13-6-7-17-14(2)18(24)8-9-23(17)22(13,3)12-16-19(26-4)10-15(21(25)27-5)11-20(16)28-23/h10-11,13H,6-9,12H2,1-5H3/t13-,22+,23-/m0/s1. The number of hydrogen-bond acceptors (Lipinski definition) is 5. The van der Waals surface area contributed by atoms with Crippen LogP contribution in [0.4, 0.5) is 0 Å². The molecule has 1 fully saturated rings. The molecule has 0 N–H and O–H groups in total. The van der Waals surface area contributed by atoms with Gasteiger partial charge in [-0.05, 0) is 61.8 Å². The Bertz CT molecular complexity index is 898. The number of benzene rings is 1. The smallest absolute Gasteiger partial charge is 0.338 e. The number of Topliss-reactive ketones (excluding diaryl/α,β-unsaturated/α-hetero) is 1. The Kier molecular flexibility index (Phi) is 4.32. The lowest BCUT2D eigenvalue weighted by molar-refractivity contribution is -0.126. The number of fused-ring (bicyclic) bond motifs is 1. The lowest BCUT2D eigenvalue weighted by Crippen LogP contribution is -2.62. The van der Waals surface area contributed by atoms with Gasteiger partial charge in [0.15, 0.2) is 5.78 Å². The molecule has 5 nitrogen and oxygen atoms in total. The molecule has 0 aromatic heterocycles. The summed E-state index contributed by atoms with van der Waals surface area (Å²) in [6.45, 7) is 6.52. The van der Waals surface area contributed by atoms with Gasteiger partial charge in [0, 0.05) is 17.4 Å². The second-order valence-corrected chi connectivity index (χ2v) is 8.64. The predicted molar refractivity (Wildman–Crippen MR) is 105 cm³/mol. The fourth-order valence-corrected chi connectivity index (χ4v) is 5.60. The Morgan fingerprint density at radius 1 is 1.25 bits per heavy atom. The molecule has 1 saturated carbocycles. The zero-order chi connectivity index (χ0) is 20.3. The summed E-state index contributed by atoms with van der Waals surface area (Å²) in [6, 6.07) is 3.50. The van der Waals surface area contributed by atoms with Gasteiger partial charge in [-0.2, -0.15) is 0 Å². The Morgan fingerprint density at radius 3 is 2.68 bits per heavy atom. The molecule has 0 radical (unpaired) electrons. The summed E-state index contributed by atoms with van der Waals surface area (Å²) in [4.78, 5) is 24.6. The number of carbonyl (C=O) groups is 2. The van der Waals surface area contributed by atoms with E-state index >= 15 is 0 Å². The van der Waals surface area contributed by atoms with E-state index in [0.717, 1.165) is 36.0 Å². The number of methoxy groups -OCH3 is 2. The Balaban J connectivity index is 1.94. The molecule has 1 heterocycles. The van der Waals surface area contributed by atoms with Crippen molar-refractivity contribution in [3.05, 3.63) is 34.4 Å². The summed E-state index contributed by atoms with van der Waals surface area (Å²) in [5.74, 6) is 1.58. The number of allylic oxidation sites excluding steroid dienone is 1. The minimum atomic E-state index is -0.505. The maximum Gasteiger partial charge on any atom is 0.338 e. The minimum absolute atomic E-state index is 0.143. The number of carbonyl (C=O) groups excluding carboxylic acids is 2. The van der Waals surface area contributed by atoms with Gasteiger partial charge >= 0.3 is 5.97 Å². The first-order valence-electron chi connectivity index (χ1n) is 9.99. The number of hydrogen-bond donors (Lipinski definition) is 0. The monoisotopic (exact) mass is 384 g/mol. The van der Waals surface area contributed by atoms with E-state index in [4.69, 9.17) is 14.2 Å². The molecule has 0 bridgehead atoms. The van der Waals surface area contributed by atoms with Crippen molar-refractivity contribution in [3.63, 3.8) is 0 Å². The minimum Gasteiger partial charge on any atom is -0.496 e.